The van der Waals surface area contributed by atoms with Gasteiger partial charge in [-0.3, -0.25) is 0 Å². The van der Waals surface area contributed by atoms with Crippen molar-refractivity contribution in [3.8, 4) is 0 Å². The Morgan fingerprint density at radius 1 is 1.18 bits per heavy atom. The van der Waals surface area contributed by atoms with E-state index in [4.69, 9.17) is 74.3 Å². The van der Waals surface area contributed by atoms with Gasteiger partial charge in [-0.25, -0.2) is 0 Å². The Bertz CT molecular complexity index is 479. The summed E-state index contributed by atoms with van der Waals surface area (Å²) in [5, 5.41) is -1.56. The van der Waals surface area contributed by atoms with Crippen molar-refractivity contribution in [2.75, 3.05) is 0 Å². The van der Waals surface area contributed by atoms with Crippen LogP contribution in [-0.2, 0) is 4.74 Å². The Hall–Kier alpha value is 1.44. The molecule has 1 saturated heterocycles. The van der Waals surface area contributed by atoms with E-state index in [-0.39, 0.29) is 23.1 Å². The zero-order valence-corrected chi connectivity index (χ0v) is 12.7. The molecule has 17 heavy (non-hydrogen) atoms. The van der Waals surface area contributed by atoms with E-state index in [2.05, 4.69) is 0 Å². The van der Waals surface area contributed by atoms with Gasteiger partial charge in [-0.05, 0) is 12.3 Å². The number of hydrogen-bond donors (Lipinski definition) is 0. The molecule has 1 heterocycles. The maximum Gasteiger partial charge on any atom is 0.211 e. The van der Waals surface area contributed by atoms with Crippen LogP contribution in [0.2, 0.25) is 0 Å². The molecule has 2 saturated carbocycles. The van der Waals surface area contributed by atoms with Gasteiger partial charge >= 0.3 is 0 Å². The molecule has 4 aliphatic rings. The molecule has 94 valence electrons. The van der Waals surface area contributed by atoms with Crippen molar-refractivity contribution in [3.63, 3.8) is 0 Å². The fourth-order valence-electron chi connectivity index (χ4n) is 3.80. The highest BCUT2D eigenvalue weighted by molar-refractivity contribution is 6.51. The van der Waals surface area contributed by atoms with Crippen LogP contribution in [0.15, 0.2) is 10.1 Å². The van der Waals surface area contributed by atoms with Crippen molar-refractivity contribution in [1.29, 1.82) is 0 Å². The molecule has 0 spiro atoms. The van der Waals surface area contributed by atoms with Crippen LogP contribution in [0.5, 0.6) is 0 Å². The Kier molecular flexibility index (Phi) is 2.17. The van der Waals surface area contributed by atoms with Gasteiger partial charge in [0.1, 0.15) is 4.87 Å². The van der Waals surface area contributed by atoms with Crippen LogP contribution >= 0.6 is 69.6 Å². The minimum atomic E-state index is -1.19. The number of ether oxygens (including phenoxy) is 1. The molecule has 0 amide bonds. The molecular formula is C10H6Cl6O. The van der Waals surface area contributed by atoms with Crippen LogP contribution in [0.4, 0.5) is 0 Å². The maximum atomic E-state index is 6.65. The van der Waals surface area contributed by atoms with Gasteiger partial charge in [0.05, 0.1) is 5.03 Å². The summed E-state index contributed by atoms with van der Waals surface area (Å²) < 4.78 is 5.50. The van der Waals surface area contributed by atoms with Gasteiger partial charge in [0.2, 0.25) is 5.06 Å². The average Bonchev–Trinajstić information content (AvgIpc) is 2.63. The first-order valence-electron chi connectivity index (χ1n) is 5.25. The molecule has 1 aliphatic heterocycles. The average molecular weight is 355 g/mol. The minimum absolute atomic E-state index is 0.00810. The van der Waals surface area contributed by atoms with E-state index >= 15 is 0 Å². The molecule has 7 atom stereocenters. The molecular weight excluding hydrogens is 349 g/mol. The highest BCUT2D eigenvalue weighted by Gasteiger charge is 2.93. The van der Waals surface area contributed by atoms with Crippen LogP contribution in [0.25, 0.3) is 0 Å². The summed E-state index contributed by atoms with van der Waals surface area (Å²) >= 11 is 38.5. The van der Waals surface area contributed by atoms with Crippen molar-refractivity contribution in [1.82, 2.24) is 0 Å². The normalized spacial score (nSPS) is 67.4. The predicted molar refractivity (Wildman–Crippen MR) is 70.3 cm³/mol. The first kappa shape index (κ1) is 12.2. The van der Waals surface area contributed by atoms with E-state index in [1.54, 1.807) is 0 Å². The van der Waals surface area contributed by atoms with E-state index in [0.717, 1.165) is 6.42 Å². The predicted octanol–water partition coefficient (Wildman–Crippen LogP) is 4.44. The lowest BCUT2D eigenvalue weighted by molar-refractivity contribution is 0.174. The minimum Gasteiger partial charge on any atom is -0.326 e. The Morgan fingerprint density at radius 3 is 2.47 bits per heavy atom. The smallest absolute Gasteiger partial charge is 0.211 e. The van der Waals surface area contributed by atoms with Crippen LogP contribution in [0.3, 0.4) is 0 Å². The number of allylic oxidation sites excluding steroid dienone is 1. The number of hydrogen-bond acceptors (Lipinski definition) is 1. The molecule has 7 heteroatoms. The number of fused-ring (bicyclic) bond motifs is 4. The fraction of sp³-hybridized carbons (Fsp3) is 0.800. The SMILES string of the molecule is ClC1=C(Cl)C2(Cl)C3CC1C(Cl)C3C1(Cl)OC12Cl. The molecule has 2 bridgehead atoms. The van der Waals surface area contributed by atoms with Crippen molar-refractivity contribution < 1.29 is 4.74 Å². The summed E-state index contributed by atoms with van der Waals surface area (Å²) in [6, 6.07) is 0. The first-order valence-corrected chi connectivity index (χ1v) is 7.58. The van der Waals surface area contributed by atoms with Gasteiger partial charge in [-0.15, -0.1) is 23.2 Å². The Labute approximate surface area is 128 Å². The van der Waals surface area contributed by atoms with Crippen LogP contribution < -0.4 is 0 Å². The van der Waals surface area contributed by atoms with Crippen molar-refractivity contribution in [2.24, 2.45) is 17.8 Å². The second-order valence-electron chi connectivity index (χ2n) is 5.13. The molecule has 3 fully saturated rings. The summed E-state index contributed by atoms with van der Waals surface area (Å²) in [5.74, 6) is -0.0833. The third-order valence-electron chi connectivity index (χ3n) is 4.62. The zero-order valence-electron chi connectivity index (χ0n) is 8.19. The van der Waals surface area contributed by atoms with Crippen LogP contribution in [0.1, 0.15) is 6.42 Å². The van der Waals surface area contributed by atoms with E-state index in [1.807, 2.05) is 0 Å². The topological polar surface area (TPSA) is 12.5 Å². The van der Waals surface area contributed by atoms with E-state index in [1.165, 1.54) is 0 Å². The molecule has 4 rings (SSSR count). The van der Waals surface area contributed by atoms with Gasteiger partial charge in [-0.2, -0.15) is 0 Å². The number of halogens is 6. The van der Waals surface area contributed by atoms with Gasteiger partial charge in [0.25, 0.3) is 0 Å². The molecule has 7 unspecified atom stereocenters. The fourth-order valence-corrected chi connectivity index (χ4v) is 7.03. The number of epoxide rings is 1. The van der Waals surface area contributed by atoms with E-state index in [9.17, 15) is 0 Å². The lowest BCUT2D eigenvalue weighted by Crippen LogP contribution is -2.43. The Balaban J connectivity index is 2.02. The number of alkyl halides is 4. The van der Waals surface area contributed by atoms with Crippen molar-refractivity contribution in [3.05, 3.63) is 10.1 Å². The summed E-state index contributed by atoms with van der Waals surface area (Å²) in [6.07, 6.45) is 0.768. The standard InChI is InChI=1S/C10H6Cl6O/c11-5-2-1-3-4(5)9(15)10(16,17-9)8(3,14)7(13)6(2)12/h2-5H,1H2. The highest BCUT2D eigenvalue weighted by atomic mass is 35.5. The third-order valence-corrected chi connectivity index (χ3v) is 8.54. The first-order chi connectivity index (χ1) is 7.79. The van der Waals surface area contributed by atoms with E-state index < -0.39 is 15.0 Å². The summed E-state index contributed by atoms with van der Waals surface area (Å²) in [6.45, 7) is 0. The second kappa shape index (κ2) is 3.03. The van der Waals surface area contributed by atoms with Crippen LogP contribution in [0, 0.1) is 17.8 Å². The molecule has 0 aromatic rings. The summed E-state index contributed by atoms with van der Waals surface area (Å²) in [5.41, 5.74) is 0. The lowest BCUT2D eigenvalue weighted by Gasteiger charge is -2.36. The molecule has 0 N–H and O–H groups in total. The van der Waals surface area contributed by atoms with Gasteiger partial charge in [-0.1, -0.05) is 46.4 Å². The van der Waals surface area contributed by atoms with Crippen LogP contribution in [-0.4, -0.2) is 20.4 Å². The van der Waals surface area contributed by atoms with Gasteiger partial charge < -0.3 is 4.74 Å². The molecule has 0 aromatic carbocycles. The second-order valence-corrected chi connectivity index (χ2v) is 8.11. The third kappa shape index (κ3) is 0.971. The van der Waals surface area contributed by atoms with E-state index in [0.29, 0.717) is 10.1 Å². The highest BCUT2D eigenvalue weighted by Crippen LogP contribution is 2.83. The molecule has 0 radical (unpaired) electrons. The number of rotatable bonds is 0. The largest absolute Gasteiger partial charge is 0.326 e. The molecule has 3 aliphatic carbocycles. The molecule has 1 nitrogen and oxygen atoms in total. The van der Waals surface area contributed by atoms with Gasteiger partial charge in [0.15, 0.2) is 5.06 Å². The summed E-state index contributed by atoms with van der Waals surface area (Å²) in [7, 11) is 0. The van der Waals surface area contributed by atoms with Crippen molar-refractivity contribution >= 4 is 69.6 Å². The zero-order chi connectivity index (χ0) is 12.4. The Morgan fingerprint density at radius 2 is 1.82 bits per heavy atom. The quantitative estimate of drug-likeness (QED) is 0.463. The lowest BCUT2D eigenvalue weighted by atomic mass is 9.84. The molecule has 0 aromatic heterocycles. The van der Waals surface area contributed by atoms with Gasteiger partial charge in [0, 0.05) is 22.2 Å². The monoisotopic (exact) mass is 352 g/mol. The maximum absolute atomic E-state index is 6.65. The summed E-state index contributed by atoms with van der Waals surface area (Å²) in [4.78, 5) is -1.04. The van der Waals surface area contributed by atoms with Crippen molar-refractivity contribution in [2.45, 2.75) is 26.8 Å².